The first-order valence-electron chi connectivity index (χ1n) is 7.43. The van der Waals surface area contributed by atoms with Gasteiger partial charge in [0.15, 0.2) is 0 Å². The van der Waals surface area contributed by atoms with Crippen LogP contribution < -0.4 is 10.1 Å². The van der Waals surface area contributed by atoms with Gasteiger partial charge in [0, 0.05) is 11.1 Å². The summed E-state index contributed by atoms with van der Waals surface area (Å²) in [5, 5.41) is 4.24. The Morgan fingerprint density at radius 2 is 1.95 bits per heavy atom. The van der Waals surface area contributed by atoms with Crippen LogP contribution in [0.2, 0.25) is 5.02 Å². The maximum Gasteiger partial charge on any atom is 0.122 e. The number of para-hydroxylation sites is 1. The molecule has 3 heteroatoms. The van der Waals surface area contributed by atoms with Gasteiger partial charge in [-0.1, -0.05) is 48.0 Å². The van der Waals surface area contributed by atoms with Crippen LogP contribution in [0.5, 0.6) is 5.75 Å². The molecule has 0 aliphatic carbocycles. The molecular formula is C18H20ClNO. The third-order valence-corrected chi connectivity index (χ3v) is 4.58. The van der Waals surface area contributed by atoms with Gasteiger partial charge in [-0.25, -0.2) is 0 Å². The molecule has 0 radical (unpaired) electrons. The minimum atomic E-state index is 0.259. The number of benzene rings is 2. The molecule has 2 atom stereocenters. The fraction of sp³-hybridized carbons (Fsp3) is 0.333. The number of ether oxygens (including phenoxy) is 1. The molecule has 0 saturated heterocycles. The van der Waals surface area contributed by atoms with Gasteiger partial charge in [-0.3, -0.25) is 0 Å². The molecule has 2 unspecified atom stereocenters. The summed E-state index contributed by atoms with van der Waals surface area (Å²) in [6, 6.07) is 16.7. The molecule has 1 aliphatic rings. The van der Waals surface area contributed by atoms with E-state index in [1.165, 1.54) is 11.1 Å². The second kappa shape index (κ2) is 6.50. The van der Waals surface area contributed by atoms with E-state index >= 15 is 0 Å². The van der Waals surface area contributed by atoms with Gasteiger partial charge in [-0.05, 0) is 49.1 Å². The number of halogens is 1. The molecule has 21 heavy (non-hydrogen) atoms. The summed E-state index contributed by atoms with van der Waals surface area (Å²) in [5.41, 5.74) is 2.49. The van der Waals surface area contributed by atoms with Gasteiger partial charge in [0.25, 0.3) is 0 Å². The van der Waals surface area contributed by atoms with Crippen molar-refractivity contribution >= 4 is 11.6 Å². The molecule has 110 valence electrons. The van der Waals surface area contributed by atoms with E-state index in [2.05, 4.69) is 29.6 Å². The van der Waals surface area contributed by atoms with Gasteiger partial charge in [-0.2, -0.15) is 0 Å². The predicted molar refractivity (Wildman–Crippen MR) is 87.2 cm³/mol. The van der Waals surface area contributed by atoms with Crippen molar-refractivity contribution in [3.05, 3.63) is 64.7 Å². The normalized spacial score (nSPS) is 18.7. The zero-order valence-corrected chi connectivity index (χ0v) is 12.9. The van der Waals surface area contributed by atoms with Crippen LogP contribution >= 0.6 is 11.6 Å². The van der Waals surface area contributed by atoms with Crippen LogP contribution in [0.25, 0.3) is 0 Å². The molecule has 2 nitrogen and oxygen atoms in total. The second-order valence-electron chi connectivity index (χ2n) is 5.47. The van der Waals surface area contributed by atoms with Crippen LogP contribution in [0, 0.1) is 0 Å². The molecule has 2 aromatic rings. The first-order chi connectivity index (χ1) is 10.3. The average molecular weight is 302 g/mol. The van der Waals surface area contributed by atoms with E-state index in [-0.39, 0.29) is 6.04 Å². The number of hydrogen-bond acceptors (Lipinski definition) is 2. The van der Waals surface area contributed by atoms with Gasteiger partial charge < -0.3 is 10.1 Å². The molecule has 0 spiro atoms. The van der Waals surface area contributed by atoms with Crippen molar-refractivity contribution < 1.29 is 4.74 Å². The molecule has 0 aromatic heterocycles. The predicted octanol–water partition coefficient (Wildman–Crippen LogP) is 4.56. The lowest BCUT2D eigenvalue weighted by Crippen LogP contribution is -2.22. The lowest BCUT2D eigenvalue weighted by atomic mass is 9.85. The molecule has 0 saturated carbocycles. The highest BCUT2D eigenvalue weighted by atomic mass is 35.5. The highest BCUT2D eigenvalue weighted by molar-refractivity contribution is 6.31. The molecule has 2 aromatic carbocycles. The van der Waals surface area contributed by atoms with E-state index in [9.17, 15) is 0 Å². The van der Waals surface area contributed by atoms with Gasteiger partial charge in [0.2, 0.25) is 0 Å². The number of nitrogens with one attached hydrogen (secondary N) is 1. The van der Waals surface area contributed by atoms with Crippen LogP contribution in [-0.2, 0) is 0 Å². The maximum absolute atomic E-state index is 6.35. The molecule has 0 amide bonds. The first kappa shape index (κ1) is 14.4. The summed E-state index contributed by atoms with van der Waals surface area (Å²) in [7, 11) is 2.00. The SMILES string of the molecule is CNC(CC1CCOc2ccccc21)c1ccccc1Cl. The molecule has 0 fully saturated rings. The topological polar surface area (TPSA) is 21.3 Å². The molecule has 0 bridgehead atoms. The Kier molecular flexibility index (Phi) is 4.47. The van der Waals surface area contributed by atoms with Crippen molar-refractivity contribution in [3.63, 3.8) is 0 Å². The summed E-state index contributed by atoms with van der Waals surface area (Å²) in [6.45, 7) is 0.792. The fourth-order valence-electron chi connectivity index (χ4n) is 3.10. The molecular weight excluding hydrogens is 282 g/mol. The van der Waals surface area contributed by atoms with Crippen molar-refractivity contribution in [1.82, 2.24) is 5.32 Å². The minimum absolute atomic E-state index is 0.259. The molecule has 1 heterocycles. The van der Waals surface area contributed by atoms with Crippen LogP contribution in [0.15, 0.2) is 48.5 Å². The van der Waals surface area contributed by atoms with Crippen LogP contribution in [0.1, 0.15) is 35.9 Å². The largest absolute Gasteiger partial charge is 0.493 e. The van der Waals surface area contributed by atoms with Crippen LogP contribution in [0.4, 0.5) is 0 Å². The maximum atomic E-state index is 6.35. The van der Waals surface area contributed by atoms with E-state index < -0.39 is 0 Å². The van der Waals surface area contributed by atoms with E-state index in [0.717, 1.165) is 30.2 Å². The Morgan fingerprint density at radius 3 is 2.76 bits per heavy atom. The summed E-state index contributed by atoms with van der Waals surface area (Å²) in [5.74, 6) is 1.53. The lowest BCUT2D eigenvalue weighted by molar-refractivity contribution is 0.256. The zero-order valence-electron chi connectivity index (χ0n) is 12.2. The minimum Gasteiger partial charge on any atom is -0.493 e. The Hall–Kier alpha value is -1.51. The Balaban J connectivity index is 1.84. The number of hydrogen-bond donors (Lipinski definition) is 1. The first-order valence-corrected chi connectivity index (χ1v) is 7.81. The van der Waals surface area contributed by atoms with Crippen molar-refractivity contribution in [2.75, 3.05) is 13.7 Å². The zero-order chi connectivity index (χ0) is 14.7. The fourth-order valence-corrected chi connectivity index (χ4v) is 3.37. The summed E-state index contributed by atoms with van der Waals surface area (Å²) < 4.78 is 5.75. The quantitative estimate of drug-likeness (QED) is 0.894. The van der Waals surface area contributed by atoms with Crippen molar-refractivity contribution in [3.8, 4) is 5.75 Å². The summed E-state index contributed by atoms with van der Waals surface area (Å²) in [4.78, 5) is 0. The smallest absolute Gasteiger partial charge is 0.122 e. The van der Waals surface area contributed by atoms with E-state index in [1.807, 2.05) is 31.3 Å². The van der Waals surface area contributed by atoms with Crippen molar-refractivity contribution in [2.45, 2.75) is 24.8 Å². The number of rotatable bonds is 4. The van der Waals surface area contributed by atoms with Crippen molar-refractivity contribution in [2.24, 2.45) is 0 Å². The molecule has 1 N–H and O–H groups in total. The summed E-state index contributed by atoms with van der Waals surface area (Å²) >= 11 is 6.35. The molecule has 1 aliphatic heterocycles. The van der Waals surface area contributed by atoms with Gasteiger partial charge >= 0.3 is 0 Å². The van der Waals surface area contributed by atoms with E-state index in [0.29, 0.717) is 5.92 Å². The van der Waals surface area contributed by atoms with Gasteiger partial charge in [-0.15, -0.1) is 0 Å². The molecule has 3 rings (SSSR count). The third-order valence-electron chi connectivity index (χ3n) is 4.23. The second-order valence-corrected chi connectivity index (χ2v) is 5.88. The Labute approximate surface area is 131 Å². The van der Waals surface area contributed by atoms with Gasteiger partial charge in [0.05, 0.1) is 6.61 Å². The van der Waals surface area contributed by atoms with E-state index in [4.69, 9.17) is 16.3 Å². The number of fused-ring (bicyclic) bond motifs is 1. The standard InChI is InChI=1S/C18H20ClNO/c1-20-17(15-7-2-4-8-16(15)19)12-13-10-11-21-18-9-5-3-6-14(13)18/h2-9,13,17,20H,10-12H2,1H3. The highest BCUT2D eigenvalue weighted by Gasteiger charge is 2.25. The monoisotopic (exact) mass is 301 g/mol. The summed E-state index contributed by atoms with van der Waals surface area (Å²) in [6.07, 6.45) is 2.08. The highest BCUT2D eigenvalue weighted by Crippen LogP contribution is 2.39. The third kappa shape index (κ3) is 3.07. The Bertz CT molecular complexity index is 614. The van der Waals surface area contributed by atoms with E-state index in [1.54, 1.807) is 0 Å². The van der Waals surface area contributed by atoms with Gasteiger partial charge in [0.1, 0.15) is 5.75 Å². The van der Waals surface area contributed by atoms with Crippen LogP contribution in [-0.4, -0.2) is 13.7 Å². The van der Waals surface area contributed by atoms with Crippen LogP contribution in [0.3, 0.4) is 0 Å². The lowest BCUT2D eigenvalue weighted by Gasteiger charge is -2.29. The van der Waals surface area contributed by atoms with Crippen molar-refractivity contribution in [1.29, 1.82) is 0 Å². The Morgan fingerprint density at radius 1 is 1.19 bits per heavy atom. The average Bonchev–Trinajstić information content (AvgIpc) is 2.53.